The summed E-state index contributed by atoms with van der Waals surface area (Å²) in [6.45, 7) is 3.95. The standard InChI is InChI=1S/C19H21N3O3/c1-11-13(6-7-19(23)24)12(2)21-15(11)9-17-18(25-3)10-16(22-17)14-5-4-8-20-14/h4-5,8-10,20-21H,6-7H2,1-3H3,(H,23,24)/b17-9-. The van der Waals surface area contributed by atoms with E-state index in [4.69, 9.17) is 9.84 Å². The van der Waals surface area contributed by atoms with Crippen LogP contribution in [0.5, 0.6) is 0 Å². The number of ether oxygens (including phenoxy) is 1. The van der Waals surface area contributed by atoms with Gasteiger partial charge in [0.25, 0.3) is 0 Å². The van der Waals surface area contributed by atoms with Crippen LogP contribution in [0.25, 0.3) is 6.08 Å². The van der Waals surface area contributed by atoms with Gasteiger partial charge in [0.1, 0.15) is 11.5 Å². The van der Waals surface area contributed by atoms with Crippen LogP contribution in [-0.2, 0) is 16.0 Å². The van der Waals surface area contributed by atoms with Gasteiger partial charge in [-0.15, -0.1) is 0 Å². The van der Waals surface area contributed by atoms with Crippen LogP contribution in [0.2, 0.25) is 0 Å². The number of methoxy groups -OCH3 is 1. The summed E-state index contributed by atoms with van der Waals surface area (Å²) in [6.07, 6.45) is 6.32. The first-order chi connectivity index (χ1) is 12.0. The number of carbonyl (C=O) groups is 1. The second kappa shape index (κ2) is 6.84. The summed E-state index contributed by atoms with van der Waals surface area (Å²) < 4.78 is 5.45. The third kappa shape index (κ3) is 3.42. The third-order valence-corrected chi connectivity index (χ3v) is 4.36. The van der Waals surface area contributed by atoms with E-state index in [0.29, 0.717) is 12.2 Å². The molecule has 1 aliphatic heterocycles. The number of carboxylic acids is 1. The molecule has 3 rings (SSSR count). The van der Waals surface area contributed by atoms with Crippen LogP contribution in [0.4, 0.5) is 0 Å². The van der Waals surface area contributed by atoms with Crippen LogP contribution in [0, 0.1) is 13.8 Å². The van der Waals surface area contributed by atoms with E-state index in [1.807, 2.05) is 44.3 Å². The molecule has 130 valence electrons. The monoisotopic (exact) mass is 339 g/mol. The highest BCUT2D eigenvalue weighted by Crippen LogP contribution is 2.27. The van der Waals surface area contributed by atoms with Gasteiger partial charge >= 0.3 is 5.97 Å². The summed E-state index contributed by atoms with van der Waals surface area (Å²) in [6, 6.07) is 3.88. The van der Waals surface area contributed by atoms with E-state index in [1.165, 1.54) is 0 Å². The number of allylic oxidation sites excluding steroid dienone is 1. The predicted molar refractivity (Wildman–Crippen MR) is 96.6 cm³/mol. The molecule has 0 unspecified atom stereocenters. The minimum atomic E-state index is -0.791. The van der Waals surface area contributed by atoms with Gasteiger partial charge in [-0.2, -0.15) is 0 Å². The maximum atomic E-state index is 10.8. The zero-order valence-electron chi connectivity index (χ0n) is 14.5. The van der Waals surface area contributed by atoms with Crippen LogP contribution >= 0.6 is 0 Å². The predicted octanol–water partition coefficient (Wildman–Crippen LogP) is 3.35. The Bertz CT molecular complexity index is 883. The van der Waals surface area contributed by atoms with Crippen LogP contribution in [0.1, 0.15) is 34.6 Å². The molecule has 0 radical (unpaired) electrons. The van der Waals surface area contributed by atoms with E-state index in [9.17, 15) is 4.79 Å². The first kappa shape index (κ1) is 16.8. The highest BCUT2D eigenvalue weighted by atomic mass is 16.5. The second-order valence-electron chi connectivity index (χ2n) is 5.98. The lowest BCUT2D eigenvalue weighted by Gasteiger charge is -2.02. The maximum absolute atomic E-state index is 10.8. The highest BCUT2D eigenvalue weighted by molar-refractivity contribution is 6.11. The molecule has 0 bridgehead atoms. The Morgan fingerprint density at radius 1 is 1.40 bits per heavy atom. The fourth-order valence-electron chi connectivity index (χ4n) is 3.01. The number of aliphatic imine (C=N–C) groups is 1. The Hall–Kier alpha value is -3.02. The zero-order chi connectivity index (χ0) is 18.0. The van der Waals surface area contributed by atoms with Crippen molar-refractivity contribution in [1.29, 1.82) is 0 Å². The molecule has 6 heteroatoms. The van der Waals surface area contributed by atoms with Gasteiger partial charge in [0.15, 0.2) is 0 Å². The highest BCUT2D eigenvalue weighted by Gasteiger charge is 2.19. The molecule has 0 aliphatic carbocycles. The smallest absolute Gasteiger partial charge is 0.303 e. The number of H-pyrrole nitrogens is 2. The quantitative estimate of drug-likeness (QED) is 0.754. The van der Waals surface area contributed by atoms with Crippen molar-refractivity contribution in [3.63, 3.8) is 0 Å². The lowest BCUT2D eigenvalue weighted by atomic mass is 10.0. The Morgan fingerprint density at radius 2 is 2.20 bits per heavy atom. The molecule has 0 atom stereocenters. The van der Waals surface area contributed by atoms with Gasteiger partial charge in [0.05, 0.1) is 18.5 Å². The first-order valence-electron chi connectivity index (χ1n) is 8.09. The van der Waals surface area contributed by atoms with E-state index in [0.717, 1.165) is 39.6 Å². The Kier molecular flexibility index (Phi) is 4.61. The van der Waals surface area contributed by atoms with Crippen molar-refractivity contribution >= 4 is 17.8 Å². The molecular weight excluding hydrogens is 318 g/mol. The van der Waals surface area contributed by atoms with E-state index in [-0.39, 0.29) is 6.42 Å². The number of nitrogens with one attached hydrogen (secondary N) is 2. The number of aliphatic carboxylic acids is 1. The van der Waals surface area contributed by atoms with Crippen LogP contribution in [0.3, 0.4) is 0 Å². The van der Waals surface area contributed by atoms with Gasteiger partial charge < -0.3 is 19.8 Å². The number of nitrogens with zero attached hydrogens (tertiary/aromatic N) is 1. The normalized spacial score (nSPS) is 15.4. The lowest BCUT2D eigenvalue weighted by Crippen LogP contribution is -1.98. The largest absolute Gasteiger partial charge is 0.494 e. The molecule has 3 heterocycles. The van der Waals surface area contributed by atoms with Gasteiger partial charge in [-0.25, -0.2) is 4.99 Å². The van der Waals surface area contributed by atoms with E-state index in [2.05, 4.69) is 15.0 Å². The van der Waals surface area contributed by atoms with Crippen LogP contribution in [-0.4, -0.2) is 33.9 Å². The SMILES string of the molecule is COC1=CC(c2ccc[nH]2)=N/C1=C\c1[nH]c(C)c(CCC(=O)O)c1C. The van der Waals surface area contributed by atoms with E-state index < -0.39 is 5.97 Å². The number of hydrogen-bond donors (Lipinski definition) is 3. The summed E-state index contributed by atoms with van der Waals surface area (Å²) in [5, 5.41) is 8.91. The summed E-state index contributed by atoms with van der Waals surface area (Å²) in [5.41, 5.74) is 6.49. The molecule has 2 aromatic heterocycles. The minimum Gasteiger partial charge on any atom is -0.494 e. The van der Waals surface area contributed by atoms with E-state index >= 15 is 0 Å². The summed E-state index contributed by atoms with van der Waals surface area (Å²) >= 11 is 0. The zero-order valence-corrected chi connectivity index (χ0v) is 14.5. The van der Waals surface area contributed by atoms with Gasteiger partial charge in [-0.3, -0.25) is 4.79 Å². The number of aromatic amines is 2. The number of rotatable bonds is 6. The molecule has 2 aromatic rings. The molecule has 0 saturated heterocycles. The summed E-state index contributed by atoms with van der Waals surface area (Å²) in [7, 11) is 1.62. The molecule has 0 saturated carbocycles. The van der Waals surface area contributed by atoms with Crippen molar-refractivity contribution in [2.75, 3.05) is 7.11 Å². The maximum Gasteiger partial charge on any atom is 0.303 e. The van der Waals surface area contributed by atoms with Crippen LogP contribution < -0.4 is 0 Å². The van der Waals surface area contributed by atoms with Crippen molar-refractivity contribution in [3.05, 3.63) is 64.1 Å². The molecule has 25 heavy (non-hydrogen) atoms. The average Bonchev–Trinajstić information content (AvgIpc) is 3.27. The second-order valence-corrected chi connectivity index (χ2v) is 5.98. The topological polar surface area (TPSA) is 90.5 Å². The number of aromatic nitrogens is 2. The van der Waals surface area contributed by atoms with Crippen molar-refractivity contribution in [2.24, 2.45) is 4.99 Å². The van der Waals surface area contributed by atoms with Crippen molar-refractivity contribution in [2.45, 2.75) is 26.7 Å². The lowest BCUT2D eigenvalue weighted by molar-refractivity contribution is -0.136. The van der Waals surface area contributed by atoms with Crippen LogP contribution in [0.15, 0.2) is 40.9 Å². The van der Waals surface area contributed by atoms with Crippen molar-refractivity contribution in [1.82, 2.24) is 9.97 Å². The van der Waals surface area contributed by atoms with E-state index in [1.54, 1.807) is 7.11 Å². The fraction of sp³-hybridized carbons (Fsp3) is 0.263. The van der Waals surface area contributed by atoms with Gasteiger partial charge in [-0.05, 0) is 49.6 Å². The molecule has 0 amide bonds. The number of carboxylic acid groups (broad SMARTS) is 1. The Morgan fingerprint density at radius 3 is 2.84 bits per heavy atom. The first-order valence-corrected chi connectivity index (χ1v) is 8.09. The number of hydrogen-bond acceptors (Lipinski definition) is 3. The van der Waals surface area contributed by atoms with Gasteiger partial charge in [0.2, 0.25) is 0 Å². The van der Waals surface area contributed by atoms with Crippen molar-refractivity contribution < 1.29 is 14.6 Å². The minimum absolute atomic E-state index is 0.119. The van der Waals surface area contributed by atoms with Gasteiger partial charge in [-0.1, -0.05) is 0 Å². The molecule has 1 aliphatic rings. The van der Waals surface area contributed by atoms with Crippen molar-refractivity contribution in [3.8, 4) is 0 Å². The molecule has 0 spiro atoms. The average molecular weight is 339 g/mol. The van der Waals surface area contributed by atoms with Gasteiger partial charge in [0, 0.05) is 30.1 Å². The molecular formula is C19H21N3O3. The molecule has 3 N–H and O–H groups in total. The Labute approximate surface area is 146 Å². The molecule has 0 aromatic carbocycles. The number of aryl methyl sites for hydroxylation is 1. The molecule has 0 fully saturated rings. The third-order valence-electron chi connectivity index (χ3n) is 4.36. The summed E-state index contributed by atoms with van der Waals surface area (Å²) in [4.78, 5) is 22.0. The fourth-order valence-corrected chi connectivity index (χ4v) is 3.01. The molecule has 6 nitrogen and oxygen atoms in total. The Balaban J connectivity index is 1.94. The summed E-state index contributed by atoms with van der Waals surface area (Å²) in [5.74, 6) is -0.0937.